The van der Waals surface area contributed by atoms with Crippen LogP contribution in [0.4, 0.5) is 10.5 Å². The Hall–Kier alpha value is -5.35. The molecule has 10 heteroatoms. The number of allylic oxidation sites excluding steroid dienone is 3. The van der Waals surface area contributed by atoms with Gasteiger partial charge in [-0.1, -0.05) is 55.0 Å². The van der Waals surface area contributed by atoms with Crippen molar-refractivity contribution < 1.29 is 28.6 Å². The molecule has 0 saturated carbocycles. The normalized spacial score (nSPS) is 12.1. The van der Waals surface area contributed by atoms with Gasteiger partial charge in [-0.2, -0.15) is 0 Å². The molecule has 3 amide bonds. The van der Waals surface area contributed by atoms with E-state index in [0.717, 1.165) is 35.4 Å². The molecule has 0 unspecified atom stereocenters. The molecule has 1 aliphatic heterocycles. The zero-order valence-corrected chi connectivity index (χ0v) is 32.8. The number of benzene rings is 3. The topological polar surface area (TPSA) is 118 Å². The highest BCUT2D eigenvalue weighted by Crippen LogP contribution is 2.28. The minimum atomic E-state index is -0.549. The Kier molecular flexibility index (Phi) is 15.9. The molecule has 4 rings (SSSR count). The van der Waals surface area contributed by atoms with Gasteiger partial charge in [-0.3, -0.25) is 9.59 Å². The summed E-state index contributed by atoms with van der Waals surface area (Å²) in [7, 11) is 3.06. The lowest BCUT2D eigenvalue weighted by molar-refractivity contribution is 0.0223. The number of methoxy groups -OCH3 is 2. The summed E-state index contributed by atoms with van der Waals surface area (Å²) in [4.78, 5) is 39.8. The van der Waals surface area contributed by atoms with Crippen LogP contribution in [0, 0.1) is 0 Å². The molecule has 0 fully saturated rings. The molecule has 1 aliphatic rings. The van der Waals surface area contributed by atoms with E-state index in [9.17, 15) is 14.4 Å². The molecule has 0 atom stereocenters. The Morgan fingerprint density at radius 3 is 2.21 bits per heavy atom. The quantitative estimate of drug-likeness (QED) is 0.161. The van der Waals surface area contributed by atoms with E-state index in [1.807, 2.05) is 58.0 Å². The van der Waals surface area contributed by atoms with Gasteiger partial charge in [0.05, 0.1) is 14.2 Å². The monoisotopic (exact) mass is 724 g/mol. The third-order valence-electron chi connectivity index (χ3n) is 8.19. The number of ether oxygens (including phenoxy) is 3. The second-order valence-electron chi connectivity index (χ2n) is 14.0. The van der Waals surface area contributed by atoms with Crippen molar-refractivity contribution >= 4 is 23.6 Å². The van der Waals surface area contributed by atoms with E-state index in [1.165, 1.54) is 25.4 Å². The molecular formula is C43H56N4O6. The lowest BCUT2D eigenvalue weighted by Gasteiger charge is -2.31. The highest BCUT2D eigenvalue weighted by Gasteiger charge is 2.26. The van der Waals surface area contributed by atoms with Crippen molar-refractivity contribution in [2.24, 2.45) is 0 Å². The van der Waals surface area contributed by atoms with Gasteiger partial charge < -0.3 is 35.1 Å². The fourth-order valence-corrected chi connectivity index (χ4v) is 5.31. The number of hydrogen-bond acceptors (Lipinski definition) is 7. The van der Waals surface area contributed by atoms with E-state index in [-0.39, 0.29) is 24.5 Å². The lowest BCUT2D eigenvalue weighted by Crippen LogP contribution is -2.39. The van der Waals surface area contributed by atoms with Crippen molar-refractivity contribution in [3.8, 4) is 11.5 Å². The molecule has 0 radical (unpaired) electrons. The third kappa shape index (κ3) is 13.6. The van der Waals surface area contributed by atoms with E-state index in [0.29, 0.717) is 47.8 Å². The van der Waals surface area contributed by atoms with Gasteiger partial charge in [-0.25, -0.2) is 4.79 Å². The molecule has 3 aromatic carbocycles. The maximum atomic E-state index is 13.0. The van der Waals surface area contributed by atoms with Gasteiger partial charge in [0.25, 0.3) is 11.8 Å². The van der Waals surface area contributed by atoms with Crippen LogP contribution < -0.4 is 25.4 Å². The van der Waals surface area contributed by atoms with Crippen molar-refractivity contribution in [1.29, 1.82) is 0 Å². The van der Waals surface area contributed by atoms with Gasteiger partial charge in [-0.15, -0.1) is 0 Å². The number of fused-ring (bicyclic) bond motifs is 1. The minimum Gasteiger partial charge on any atom is -0.493 e. The van der Waals surface area contributed by atoms with Crippen LogP contribution in [-0.2, 0) is 24.2 Å². The highest BCUT2D eigenvalue weighted by atomic mass is 16.6. The van der Waals surface area contributed by atoms with E-state index in [4.69, 9.17) is 14.2 Å². The van der Waals surface area contributed by atoms with Crippen LogP contribution in [0.2, 0.25) is 0 Å². The van der Waals surface area contributed by atoms with Gasteiger partial charge >= 0.3 is 6.09 Å². The second-order valence-corrected chi connectivity index (χ2v) is 14.0. The van der Waals surface area contributed by atoms with Crippen LogP contribution in [0.15, 0.2) is 96.1 Å². The number of anilines is 1. The third-order valence-corrected chi connectivity index (χ3v) is 8.19. The molecule has 3 N–H and O–H groups in total. The van der Waals surface area contributed by atoms with E-state index < -0.39 is 5.60 Å². The number of amides is 3. The summed E-state index contributed by atoms with van der Waals surface area (Å²) in [5.41, 5.74) is 7.74. The average molecular weight is 725 g/mol. The van der Waals surface area contributed by atoms with E-state index >= 15 is 0 Å². The van der Waals surface area contributed by atoms with Crippen LogP contribution >= 0.6 is 0 Å². The molecule has 1 heterocycles. The van der Waals surface area contributed by atoms with Gasteiger partial charge in [0.2, 0.25) is 0 Å². The number of hydrogen-bond donors (Lipinski definition) is 3. The number of likely N-dealkylation sites (N-methyl/N-ethyl adjacent to an activating group) is 1. The smallest absolute Gasteiger partial charge is 0.410 e. The summed E-state index contributed by atoms with van der Waals surface area (Å²) in [5, 5.41) is 9.14. The standard InChI is InChI=1S/C31H35N3O6.C12H21N/c1-31(2,3)40-30(37)34-14-13-21-16-22(9-10-24(21)19-34)29(36)33-25-8-6-7-20(15-25)18-32-28(35)23-11-12-26(38-4)27(17-23)39-5;1-6-13-9-12(11(4)5)8-7-10(2)3/h6-12,15-17H,13-14,18-19H2,1-5H3,(H,32,35)(H,33,36);7-8,13H,2,6,9H2,1,3-5H3/b;8-7-. The molecule has 53 heavy (non-hydrogen) atoms. The number of carbonyl (C=O) groups excluding carboxylic acids is 3. The van der Waals surface area contributed by atoms with Crippen molar-refractivity contribution in [3.05, 3.63) is 124 Å². The summed E-state index contributed by atoms with van der Waals surface area (Å²) in [6.07, 6.45) is 4.50. The maximum absolute atomic E-state index is 13.0. The number of carbonyl (C=O) groups is 3. The van der Waals surface area contributed by atoms with Gasteiger partial charge in [-0.05, 0) is 119 Å². The van der Waals surface area contributed by atoms with Crippen molar-refractivity contribution in [1.82, 2.24) is 15.5 Å². The molecule has 0 saturated heterocycles. The molecule has 0 bridgehead atoms. The minimum absolute atomic E-state index is 0.233. The number of nitrogens with one attached hydrogen (secondary N) is 3. The summed E-state index contributed by atoms with van der Waals surface area (Å²) < 4.78 is 16.0. The first-order valence-corrected chi connectivity index (χ1v) is 17.8. The zero-order chi connectivity index (χ0) is 39.1. The Morgan fingerprint density at radius 2 is 1.57 bits per heavy atom. The molecule has 10 nitrogen and oxygen atoms in total. The maximum Gasteiger partial charge on any atom is 0.410 e. The summed E-state index contributed by atoms with van der Waals surface area (Å²) in [5.74, 6) is 0.533. The highest BCUT2D eigenvalue weighted by molar-refractivity contribution is 6.04. The van der Waals surface area contributed by atoms with Gasteiger partial charge in [0, 0.05) is 43.0 Å². The lowest BCUT2D eigenvalue weighted by atomic mass is 9.97. The molecule has 0 spiro atoms. The van der Waals surface area contributed by atoms with Gasteiger partial charge in [0.15, 0.2) is 11.5 Å². The van der Waals surface area contributed by atoms with Crippen LogP contribution in [0.25, 0.3) is 0 Å². The first-order chi connectivity index (χ1) is 25.1. The van der Waals surface area contributed by atoms with E-state index in [2.05, 4.69) is 55.5 Å². The number of rotatable bonds is 12. The van der Waals surface area contributed by atoms with E-state index in [1.54, 1.807) is 35.2 Å². The molecule has 0 aromatic heterocycles. The van der Waals surface area contributed by atoms with Crippen LogP contribution in [-0.4, -0.2) is 62.3 Å². The molecular weight excluding hydrogens is 668 g/mol. The summed E-state index contributed by atoms with van der Waals surface area (Å²) >= 11 is 0. The first-order valence-electron chi connectivity index (χ1n) is 17.8. The Bertz CT molecular complexity index is 1820. The molecule has 3 aromatic rings. The fraction of sp³-hybridized carbons (Fsp3) is 0.372. The Labute approximate surface area is 315 Å². The second kappa shape index (κ2) is 20.0. The Balaban J connectivity index is 0.000000496. The molecule has 0 aliphatic carbocycles. The van der Waals surface area contributed by atoms with Gasteiger partial charge in [0.1, 0.15) is 5.60 Å². The first kappa shape index (κ1) is 42.1. The predicted octanol–water partition coefficient (Wildman–Crippen LogP) is 8.24. The SMILES string of the molecule is C=C(C)/C=C\C(CNCC)=C(C)C.COc1ccc(C(=O)NCc2cccc(NC(=O)c3ccc4c(c3)CCN(C(=O)OC(C)(C)C)C4)c2)cc1OC. The van der Waals surface area contributed by atoms with Crippen LogP contribution in [0.3, 0.4) is 0 Å². The van der Waals surface area contributed by atoms with Crippen molar-refractivity contribution in [2.75, 3.05) is 39.2 Å². The van der Waals surface area contributed by atoms with Crippen molar-refractivity contribution in [3.63, 3.8) is 0 Å². The number of nitrogens with zero attached hydrogens (tertiary/aromatic N) is 1. The largest absolute Gasteiger partial charge is 0.493 e. The summed E-state index contributed by atoms with van der Waals surface area (Å²) in [6, 6.07) is 17.8. The van der Waals surface area contributed by atoms with Crippen LogP contribution in [0.1, 0.15) is 85.9 Å². The average Bonchev–Trinajstić information content (AvgIpc) is 3.12. The fourth-order valence-electron chi connectivity index (χ4n) is 5.31. The predicted molar refractivity (Wildman–Crippen MR) is 213 cm³/mol. The Morgan fingerprint density at radius 1 is 0.868 bits per heavy atom. The summed E-state index contributed by atoms with van der Waals surface area (Å²) in [6.45, 7) is 21.0. The van der Waals surface area contributed by atoms with Crippen molar-refractivity contribution in [2.45, 2.75) is 73.6 Å². The van der Waals surface area contributed by atoms with Crippen LogP contribution in [0.5, 0.6) is 11.5 Å². The molecule has 284 valence electrons. The zero-order valence-electron chi connectivity index (χ0n) is 32.8.